The van der Waals surface area contributed by atoms with E-state index in [1.165, 1.54) is 0 Å². The van der Waals surface area contributed by atoms with Crippen LogP contribution in [0, 0.1) is 11.3 Å². The minimum atomic E-state index is -0.608. The molecule has 10 heavy (non-hydrogen) atoms. The van der Waals surface area contributed by atoms with Gasteiger partial charge in [0.1, 0.15) is 0 Å². The van der Waals surface area contributed by atoms with Crippen LogP contribution < -0.4 is 5.32 Å². The molecule has 0 aromatic carbocycles. The van der Waals surface area contributed by atoms with Crippen molar-refractivity contribution in [3.63, 3.8) is 0 Å². The van der Waals surface area contributed by atoms with Gasteiger partial charge in [-0.15, -0.1) is 0 Å². The zero-order valence-corrected chi connectivity index (χ0v) is 5.76. The fourth-order valence-electron chi connectivity index (χ4n) is 1.93. The molecule has 2 N–H and O–H groups in total. The Morgan fingerprint density at radius 2 is 2.50 bits per heavy atom. The van der Waals surface area contributed by atoms with Crippen molar-refractivity contribution in [3.05, 3.63) is 0 Å². The average molecular weight is 141 g/mol. The van der Waals surface area contributed by atoms with E-state index in [2.05, 4.69) is 5.32 Å². The summed E-state index contributed by atoms with van der Waals surface area (Å²) in [5, 5.41) is 11.8. The van der Waals surface area contributed by atoms with Crippen molar-refractivity contribution in [1.82, 2.24) is 5.32 Å². The molecule has 1 heterocycles. The molecule has 0 aromatic rings. The lowest BCUT2D eigenvalue weighted by atomic mass is 10.0. The van der Waals surface area contributed by atoms with Crippen molar-refractivity contribution in [3.8, 4) is 0 Å². The summed E-state index contributed by atoms with van der Waals surface area (Å²) < 4.78 is 0. The fraction of sp³-hybridized carbons (Fsp3) is 0.857. The van der Waals surface area contributed by atoms with E-state index in [1.807, 2.05) is 0 Å². The van der Waals surface area contributed by atoms with Crippen LogP contribution in [-0.2, 0) is 4.79 Å². The van der Waals surface area contributed by atoms with E-state index in [0.29, 0.717) is 0 Å². The smallest absolute Gasteiger partial charge is 0.307 e. The molecule has 1 aliphatic heterocycles. The van der Waals surface area contributed by atoms with Crippen LogP contribution in [0.2, 0.25) is 0 Å². The van der Waals surface area contributed by atoms with E-state index in [9.17, 15) is 4.79 Å². The van der Waals surface area contributed by atoms with E-state index in [4.69, 9.17) is 5.11 Å². The minimum absolute atomic E-state index is 0.0394. The molecule has 2 aliphatic rings. The lowest BCUT2D eigenvalue weighted by molar-refractivity contribution is -0.139. The van der Waals surface area contributed by atoms with Crippen LogP contribution in [0.4, 0.5) is 0 Å². The molecule has 0 aromatic heterocycles. The molecule has 1 aliphatic carbocycles. The van der Waals surface area contributed by atoms with E-state index in [-0.39, 0.29) is 11.3 Å². The zero-order valence-electron chi connectivity index (χ0n) is 5.76. The Morgan fingerprint density at radius 1 is 1.70 bits per heavy atom. The van der Waals surface area contributed by atoms with E-state index in [1.54, 1.807) is 0 Å². The van der Waals surface area contributed by atoms with Gasteiger partial charge in [0.25, 0.3) is 0 Å². The van der Waals surface area contributed by atoms with E-state index < -0.39 is 5.97 Å². The molecule has 2 rings (SSSR count). The number of nitrogens with one attached hydrogen (secondary N) is 1. The third kappa shape index (κ3) is 0.669. The third-order valence-electron chi connectivity index (χ3n) is 2.76. The number of carboxylic acid groups (broad SMARTS) is 1. The lowest BCUT2D eigenvalue weighted by Gasteiger charge is -2.01. The van der Waals surface area contributed by atoms with Crippen molar-refractivity contribution in [2.24, 2.45) is 11.3 Å². The molecule has 56 valence electrons. The summed E-state index contributed by atoms with van der Waals surface area (Å²) in [7, 11) is 0. The maximum Gasteiger partial charge on any atom is 0.307 e. The maximum absolute atomic E-state index is 10.5. The van der Waals surface area contributed by atoms with Gasteiger partial charge in [0.2, 0.25) is 0 Å². The number of aliphatic carboxylic acids is 1. The number of hydrogen-bond acceptors (Lipinski definition) is 2. The first-order valence-corrected chi connectivity index (χ1v) is 3.68. The molecule has 0 unspecified atom stereocenters. The van der Waals surface area contributed by atoms with Gasteiger partial charge in [-0.3, -0.25) is 4.79 Å². The van der Waals surface area contributed by atoms with Crippen LogP contribution in [0.1, 0.15) is 12.8 Å². The second kappa shape index (κ2) is 1.72. The van der Waals surface area contributed by atoms with E-state index in [0.717, 1.165) is 25.9 Å². The minimum Gasteiger partial charge on any atom is -0.481 e. The molecule has 3 heteroatoms. The number of carbonyl (C=O) groups is 1. The average Bonchev–Trinajstić information content (AvgIpc) is 2.32. The lowest BCUT2D eigenvalue weighted by Crippen LogP contribution is -2.14. The topological polar surface area (TPSA) is 49.3 Å². The highest BCUT2D eigenvalue weighted by molar-refractivity contribution is 5.75. The number of carboxylic acids is 1. The van der Waals surface area contributed by atoms with Gasteiger partial charge in [-0.25, -0.2) is 0 Å². The van der Waals surface area contributed by atoms with Gasteiger partial charge in [-0.2, -0.15) is 0 Å². The summed E-state index contributed by atoms with van der Waals surface area (Å²) in [5.41, 5.74) is 0.172. The summed E-state index contributed by atoms with van der Waals surface area (Å²) in [5.74, 6) is -0.647. The summed E-state index contributed by atoms with van der Waals surface area (Å²) in [6, 6.07) is 0. The Morgan fingerprint density at radius 3 is 2.90 bits per heavy atom. The molecule has 0 bridgehead atoms. The van der Waals surface area contributed by atoms with E-state index >= 15 is 0 Å². The van der Waals surface area contributed by atoms with Crippen molar-refractivity contribution >= 4 is 5.97 Å². The van der Waals surface area contributed by atoms with Crippen LogP contribution in [-0.4, -0.2) is 24.2 Å². The number of rotatable bonds is 1. The summed E-state index contributed by atoms with van der Waals surface area (Å²) >= 11 is 0. The van der Waals surface area contributed by atoms with Gasteiger partial charge in [0.05, 0.1) is 5.92 Å². The highest BCUT2D eigenvalue weighted by atomic mass is 16.4. The molecule has 2 fully saturated rings. The van der Waals surface area contributed by atoms with Crippen LogP contribution in [0.15, 0.2) is 0 Å². The van der Waals surface area contributed by atoms with Crippen molar-refractivity contribution in [2.75, 3.05) is 13.1 Å². The monoisotopic (exact) mass is 141 g/mol. The number of hydrogen-bond donors (Lipinski definition) is 2. The van der Waals surface area contributed by atoms with Gasteiger partial charge >= 0.3 is 5.97 Å². The Labute approximate surface area is 59.4 Å². The molecule has 2 atom stereocenters. The van der Waals surface area contributed by atoms with Crippen LogP contribution in [0.25, 0.3) is 0 Å². The quantitative estimate of drug-likeness (QED) is 0.543. The molecule has 0 amide bonds. The fourth-order valence-corrected chi connectivity index (χ4v) is 1.93. The first-order chi connectivity index (χ1) is 4.75. The SMILES string of the molecule is O=C(O)[C@@H]1C[C@@]12CCNC2. The predicted octanol–water partition coefficient (Wildman–Crippen LogP) is 0.0706. The molecule has 0 radical (unpaired) electrons. The molecule has 1 saturated heterocycles. The molecule has 3 nitrogen and oxygen atoms in total. The van der Waals surface area contributed by atoms with Gasteiger partial charge < -0.3 is 10.4 Å². The van der Waals surface area contributed by atoms with Gasteiger partial charge in [-0.05, 0) is 24.8 Å². The standard InChI is InChI=1S/C7H11NO2/c9-6(10)5-3-7(5)1-2-8-4-7/h5,8H,1-4H2,(H,9,10)/t5-,7+/m0/s1. The second-order valence-corrected chi connectivity index (χ2v) is 3.38. The van der Waals surface area contributed by atoms with Crippen LogP contribution >= 0.6 is 0 Å². The normalized spacial score (nSPS) is 44.2. The highest BCUT2D eigenvalue weighted by Gasteiger charge is 2.59. The summed E-state index contributed by atoms with van der Waals surface area (Å²) in [4.78, 5) is 10.5. The second-order valence-electron chi connectivity index (χ2n) is 3.38. The third-order valence-corrected chi connectivity index (χ3v) is 2.76. The molecule has 1 saturated carbocycles. The van der Waals surface area contributed by atoms with Crippen LogP contribution in [0.3, 0.4) is 0 Å². The first kappa shape index (κ1) is 6.16. The predicted molar refractivity (Wildman–Crippen MR) is 35.7 cm³/mol. The summed E-state index contributed by atoms with van der Waals surface area (Å²) in [6.07, 6.45) is 1.96. The van der Waals surface area contributed by atoms with Crippen molar-refractivity contribution < 1.29 is 9.90 Å². The zero-order chi connectivity index (χ0) is 7.19. The van der Waals surface area contributed by atoms with Crippen LogP contribution in [0.5, 0.6) is 0 Å². The Hall–Kier alpha value is -0.570. The summed E-state index contributed by atoms with van der Waals surface area (Å²) in [6.45, 7) is 1.92. The van der Waals surface area contributed by atoms with Crippen molar-refractivity contribution in [2.45, 2.75) is 12.8 Å². The maximum atomic E-state index is 10.5. The Balaban J connectivity index is 2.04. The van der Waals surface area contributed by atoms with Crippen molar-refractivity contribution in [1.29, 1.82) is 0 Å². The van der Waals surface area contributed by atoms with Gasteiger partial charge in [-0.1, -0.05) is 0 Å². The molecular formula is C7H11NO2. The van der Waals surface area contributed by atoms with Gasteiger partial charge in [0, 0.05) is 6.54 Å². The largest absolute Gasteiger partial charge is 0.481 e. The molecular weight excluding hydrogens is 130 g/mol. The Kier molecular flexibility index (Phi) is 1.06. The van der Waals surface area contributed by atoms with Gasteiger partial charge in [0.15, 0.2) is 0 Å². The Bertz CT molecular complexity index is 172. The highest BCUT2D eigenvalue weighted by Crippen LogP contribution is 2.56. The first-order valence-electron chi connectivity index (χ1n) is 3.68. The molecule has 1 spiro atoms.